The second kappa shape index (κ2) is 5.92. The van der Waals surface area contributed by atoms with Crippen LogP contribution < -0.4 is 10.2 Å². The standard InChI is InChI=1S/C14H27N5/c1-11(2)15-10-13-12(3)16-18(5)14(13)19-8-6-17(4)7-9-19/h11,15H,6-10H2,1-5H3. The van der Waals surface area contributed by atoms with Crippen LogP contribution in [-0.4, -0.2) is 53.9 Å². The van der Waals surface area contributed by atoms with Crippen LogP contribution in [0.25, 0.3) is 0 Å². The summed E-state index contributed by atoms with van der Waals surface area (Å²) < 4.78 is 2.04. The lowest BCUT2D eigenvalue weighted by atomic mass is 10.2. The van der Waals surface area contributed by atoms with Gasteiger partial charge in [-0.2, -0.15) is 5.10 Å². The Morgan fingerprint density at radius 1 is 1.16 bits per heavy atom. The van der Waals surface area contributed by atoms with E-state index in [0.717, 1.165) is 38.4 Å². The van der Waals surface area contributed by atoms with Gasteiger partial charge in [0.15, 0.2) is 0 Å². The fourth-order valence-electron chi connectivity index (χ4n) is 2.62. The quantitative estimate of drug-likeness (QED) is 0.880. The monoisotopic (exact) mass is 265 g/mol. The maximum atomic E-state index is 4.60. The molecule has 0 aliphatic carbocycles. The molecule has 2 rings (SSSR count). The number of nitrogens with one attached hydrogen (secondary N) is 1. The fourth-order valence-corrected chi connectivity index (χ4v) is 2.62. The number of aryl methyl sites for hydroxylation is 2. The molecule has 5 heteroatoms. The Hall–Kier alpha value is -1.07. The normalized spacial score (nSPS) is 17.5. The highest BCUT2D eigenvalue weighted by Gasteiger charge is 2.22. The lowest BCUT2D eigenvalue weighted by Crippen LogP contribution is -2.45. The van der Waals surface area contributed by atoms with Crippen molar-refractivity contribution in [3.05, 3.63) is 11.3 Å². The van der Waals surface area contributed by atoms with Crippen molar-refractivity contribution in [2.75, 3.05) is 38.1 Å². The van der Waals surface area contributed by atoms with Gasteiger partial charge in [-0.05, 0) is 14.0 Å². The van der Waals surface area contributed by atoms with Gasteiger partial charge in [-0.3, -0.25) is 4.68 Å². The SMILES string of the molecule is Cc1nn(C)c(N2CCN(C)CC2)c1CNC(C)C. The molecule has 1 N–H and O–H groups in total. The maximum Gasteiger partial charge on any atom is 0.131 e. The Morgan fingerprint density at radius 3 is 2.37 bits per heavy atom. The lowest BCUT2D eigenvalue weighted by molar-refractivity contribution is 0.310. The molecule has 1 aliphatic rings. The summed E-state index contributed by atoms with van der Waals surface area (Å²) in [5.41, 5.74) is 2.49. The molecule has 0 saturated carbocycles. The van der Waals surface area contributed by atoms with Gasteiger partial charge >= 0.3 is 0 Å². The molecule has 0 unspecified atom stereocenters. The third-order valence-corrected chi connectivity index (χ3v) is 3.80. The first-order valence-corrected chi connectivity index (χ1v) is 7.18. The number of rotatable bonds is 4. The van der Waals surface area contributed by atoms with Gasteiger partial charge in [0.25, 0.3) is 0 Å². The highest BCUT2D eigenvalue weighted by molar-refractivity contribution is 5.50. The van der Waals surface area contributed by atoms with Crippen LogP contribution in [0, 0.1) is 6.92 Å². The lowest BCUT2D eigenvalue weighted by Gasteiger charge is -2.34. The summed E-state index contributed by atoms with van der Waals surface area (Å²) in [4.78, 5) is 4.85. The van der Waals surface area contributed by atoms with Crippen molar-refractivity contribution < 1.29 is 0 Å². The van der Waals surface area contributed by atoms with Crippen LogP contribution in [0.1, 0.15) is 25.1 Å². The van der Waals surface area contributed by atoms with E-state index in [1.807, 2.05) is 4.68 Å². The molecular weight excluding hydrogens is 238 g/mol. The minimum atomic E-state index is 0.500. The molecule has 19 heavy (non-hydrogen) atoms. The van der Waals surface area contributed by atoms with Crippen molar-refractivity contribution >= 4 is 5.82 Å². The van der Waals surface area contributed by atoms with Crippen molar-refractivity contribution in [2.24, 2.45) is 7.05 Å². The Balaban J connectivity index is 2.18. The van der Waals surface area contributed by atoms with Crippen LogP contribution in [0.15, 0.2) is 0 Å². The van der Waals surface area contributed by atoms with Crippen LogP contribution in [0.3, 0.4) is 0 Å². The minimum absolute atomic E-state index is 0.500. The molecule has 108 valence electrons. The van der Waals surface area contributed by atoms with E-state index in [0.29, 0.717) is 6.04 Å². The van der Waals surface area contributed by atoms with Gasteiger partial charge < -0.3 is 15.1 Å². The molecule has 0 spiro atoms. The van der Waals surface area contributed by atoms with E-state index in [1.165, 1.54) is 11.4 Å². The molecule has 0 bridgehead atoms. The smallest absolute Gasteiger partial charge is 0.131 e. The number of aromatic nitrogens is 2. The van der Waals surface area contributed by atoms with Gasteiger partial charge in [0.1, 0.15) is 5.82 Å². The van der Waals surface area contributed by atoms with Crippen LogP contribution in [0.2, 0.25) is 0 Å². The predicted molar refractivity (Wildman–Crippen MR) is 79.6 cm³/mol. The first-order chi connectivity index (χ1) is 8.99. The molecule has 0 atom stereocenters. The highest BCUT2D eigenvalue weighted by Crippen LogP contribution is 2.24. The van der Waals surface area contributed by atoms with Gasteiger partial charge in [0.05, 0.1) is 5.69 Å². The average molecular weight is 265 g/mol. The first-order valence-electron chi connectivity index (χ1n) is 7.18. The zero-order valence-corrected chi connectivity index (χ0v) is 12.9. The molecule has 0 radical (unpaired) electrons. The van der Waals surface area contributed by atoms with E-state index in [-0.39, 0.29) is 0 Å². The number of nitrogens with zero attached hydrogens (tertiary/aromatic N) is 4. The van der Waals surface area contributed by atoms with E-state index >= 15 is 0 Å². The minimum Gasteiger partial charge on any atom is -0.354 e. The molecular formula is C14H27N5. The number of hydrogen-bond acceptors (Lipinski definition) is 4. The molecule has 1 aromatic heterocycles. The van der Waals surface area contributed by atoms with Gasteiger partial charge in [0.2, 0.25) is 0 Å². The van der Waals surface area contributed by atoms with E-state index < -0.39 is 0 Å². The third kappa shape index (κ3) is 3.28. The Morgan fingerprint density at radius 2 is 1.79 bits per heavy atom. The maximum absolute atomic E-state index is 4.60. The second-order valence-corrected chi connectivity index (χ2v) is 5.84. The predicted octanol–water partition coefficient (Wildman–Crippen LogP) is 0.978. The Bertz CT molecular complexity index is 416. The summed E-state index contributed by atoms with van der Waals surface area (Å²) in [7, 11) is 4.24. The van der Waals surface area contributed by atoms with Crippen molar-refractivity contribution in [3.8, 4) is 0 Å². The topological polar surface area (TPSA) is 36.3 Å². The third-order valence-electron chi connectivity index (χ3n) is 3.80. The molecule has 1 aliphatic heterocycles. The Labute approximate surface area is 116 Å². The van der Waals surface area contributed by atoms with E-state index in [1.54, 1.807) is 0 Å². The summed E-state index contributed by atoms with van der Waals surface area (Å²) in [6, 6.07) is 0.500. The number of piperazine rings is 1. The van der Waals surface area contributed by atoms with Crippen LogP contribution in [-0.2, 0) is 13.6 Å². The van der Waals surface area contributed by atoms with Gasteiger partial charge in [-0.15, -0.1) is 0 Å². The summed E-state index contributed by atoms with van der Waals surface area (Å²) in [6.07, 6.45) is 0. The number of likely N-dealkylation sites (N-methyl/N-ethyl adjacent to an activating group) is 1. The summed E-state index contributed by atoms with van der Waals surface area (Å²) in [5.74, 6) is 1.29. The van der Waals surface area contributed by atoms with Crippen LogP contribution >= 0.6 is 0 Å². The molecule has 1 fully saturated rings. The highest BCUT2D eigenvalue weighted by atomic mass is 15.4. The van der Waals surface area contributed by atoms with E-state index in [2.05, 4.69) is 55.1 Å². The summed E-state index contributed by atoms with van der Waals surface area (Å²) >= 11 is 0. The first kappa shape index (κ1) is 14.3. The largest absolute Gasteiger partial charge is 0.354 e. The Kier molecular flexibility index (Phi) is 4.47. The van der Waals surface area contributed by atoms with E-state index in [4.69, 9.17) is 0 Å². The zero-order chi connectivity index (χ0) is 14.0. The molecule has 1 aromatic rings. The van der Waals surface area contributed by atoms with Gasteiger partial charge in [-0.1, -0.05) is 13.8 Å². The van der Waals surface area contributed by atoms with Gasteiger partial charge in [-0.25, -0.2) is 0 Å². The second-order valence-electron chi connectivity index (χ2n) is 5.84. The molecule has 2 heterocycles. The number of hydrogen-bond donors (Lipinski definition) is 1. The molecule has 1 saturated heterocycles. The summed E-state index contributed by atoms with van der Waals surface area (Å²) in [6.45, 7) is 11.8. The molecule has 5 nitrogen and oxygen atoms in total. The van der Waals surface area contributed by atoms with Crippen molar-refractivity contribution in [3.63, 3.8) is 0 Å². The number of anilines is 1. The molecule has 0 amide bonds. The fraction of sp³-hybridized carbons (Fsp3) is 0.786. The van der Waals surface area contributed by atoms with Gasteiger partial charge in [0, 0.05) is 51.4 Å². The van der Waals surface area contributed by atoms with Crippen molar-refractivity contribution in [1.29, 1.82) is 0 Å². The molecule has 0 aromatic carbocycles. The average Bonchev–Trinajstić information content (AvgIpc) is 2.62. The van der Waals surface area contributed by atoms with Crippen molar-refractivity contribution in [2.45, 2.75) is 33.4 Å². The van der Waals surface area contributed by atoms with E-state index in [9.17, 15) is 0 Å². The summed E-state index contributed by atoms with van der Waals surface area (Å²) in [5, 5.41) is 8.12. The zero-order valence-electron chi connectivity index (χ0n) is 12.9. The van der Waals surface area contributed by atoms with Crippen LogP contribution in [0.4, 0.5) is 5.82 Å². The van der Waals surface area contributed by atoms with Crippen LogP contribution in [0.5, 0.6) is 0 Å². The van der Waals surface area contributed by atoms with Crippen molar-refractivity contribution in [1.82, 2.24) is 20.0 Å².